The largest absolute Gasteiger partial charge is 1.00 e. The molecule has 1 heterocycles. The van der Waals surface area contributed by atoms with Crippen LogP contribution < -0.4 is 44.5 Å². The van der Waals surface area contributed by atoms with E-state index in [9.17, 15) is 0 Å². The van der Waals surface area contributed by atoms with Crippen molar-refractivity contribution in [3.8, 4) is 0 Å². The predicted molar refractivity (Wildman–Crippen MR) is 114 cm³/mol. The van der Waals surface area contributed by atoms with Crippen molar-refractivity contribution < 1.29 is 24.8 Å². The van der Waals surface area contributed by atoms with Crippen LogP contribution in [0.15, 0.2) is 90.0 Å². The number of hydrogen-bond acceptors (Lipinski definition) is 4. The molecule has 0 saturated heterocycles. The molecule has 0 fully saturated rings. The molecule has 0 radical (unpaired) electrons. The molecule has 7 heteroatoms. The van der Waals surface area contributed by atoms with Crippen LogP contribution in [0.2, 0.25) is 0 Å². The molecule has 0 amide bonds. The van der Waals surface area contributed by atoms with Gasteiger partial charge >= 0.3 is 6.34 Å². The van der Waals surface area contributed by atoms with E-state index in [0.29, 0.717) is 0 Å². The minimum Gasteiger partial charge on any atom is -1.00 e. The Balaban J connectivity index is 0.00000150. The Labute approximate surface area is 184 Å². The maximum Gasteiger partial charge on any atom is 0.368 e. The van der Waals surface area contributed by atoms with Crippen molar-refractivity contribution >= 4 is 29.1 Å². The Hall–Kier alpha value is -2.82. The van der Waals surface area contributed by atoms with Crippen molar-refractivity contribution in [2.75, 3.05) is 36.4 Å². The van der Waals surface area contributed by atoms with Crippen LogP contribution in [0.4, 0.5) is 22.7 Å². The number of hydrazine groups is 2. The summed E-state index contributed by atoms with van der Waals surface area (Å²) in [6.07, 6.45) is 3.13. The van der Waals surface area contributed by atoms with Gasteiger partial charge in [-0.25, -0.2) is 0 Å². The Morgan fingerprint density at radius 2 is 1.17 bits per heavy atom. The van der Waals surface area contributed by atoms with Gasteiger partial charge in [0.05, 0.1) is 44.7 Å². The number of para-hydroxylation sites is 2. The molecule has 3 aromatic carbocycles. The minimum absolute atomic E-state index is 0. The summed E-state index contributed by atoms with van der Waals surface area (Å²) in [6, 6.07) is 28.8. The highest BCUT2D eigenvalue weighted by molar-refractivity contribution is 5.89. The van der Waals surface area contributed by atoms with Crippen LogP contribution in [0.5, 0.6) is 0 Å². The molecule has 4 rings (SSSR count). The smallest absolute Gasteiger partial charge is 0.368 e. The van der Waals surface area contributed by atoms with E-state index in [1.54, 1.807) is 0 Å². The molecule has 0 saturated carbocycles. The fraction of sp³-hybridized carbons (Fsp3) is 0.136. The number of halogens is 2. The van der Waals surface area contributed by atoms with Crippen LogP contribution in [0.25, 0.3) is 0 Å². The van der Waals surface area contributed by atoms with Gasteiger partial charge in [-0.1, -0.05) is 36.4 Å². The van der Waals surface area contributed by atoms with Crippen molar-refractivity contribution in [1.82, 2.24) is 4.48 Å². The van der Waals surface area contributed by atoms with E-state index in [4.69, 9.17) is 0 Å². The summed E-state index contributed by atoms with van der Waals surface area (Å²) in [6.45, 7) is 0. The first-order chi connectivity index (χ1) is 13.0. The quantitative estimate of drug-likeness (QED) is 0.368. The van der Waals surface area contributed by atoms with Gasteiger partial charge in [0.15, 0.2) is 0 Å². The summed E-state index contributed by atoms with van der Waals surface area (Å²) >= 11 is 0. The summed E-state index contributed by atoms with van der Waals surface area (Å²) in [5.41, 5.74) is 4.21. The molecule has 0 aliphatic carbocycles. The molecule has 29 heavy (non-hydrogen) atoms. The van der Waals surface area contributed by atoms with Crippen molar-refractivity contribution in [1.29, 1.82) is 0 Å². The first-order valence-corrected chi connectivity index (χ1v) is 8.93. The average Bonchev–Trinajstić information content (AvgIpc) is 3.14. The molecule has 0 atom stereocenters. The average molecular weight is 428 g/mol. The number of quaternary nitrogens is 1. The van der Waals surface area contributed by atoms with Crippen molar-refractivity contribution in [3.05, 3.63) is 84.9 Å². The van der Waals surface area contributed by atoms with E-state index in [1.807, 2.05) is 63.8 Å². The Kier molecular flexibility index (Phi) is 7.07. The summed E-state index contributed by atoms with van der Waals surface area (Å²) in [7, 11) is 6.48. The second-order valence-electron chi connectivity index (χ2n) is 7.29. The molecule has 1 aliphatic heterocycles. The van der Waals surface area contributed by atoms with Gasteiger partial charge in [-0.05, 0) is 29.3 Å². The summed E-state index contributed by atoms with van der Waals surface area (Å²) < 4.78 is 0.774. The molecule has 0 N–H and O–H groups in total. The zero-order valence-electron chi connectivity index (χ0n) is 16.6. The zero-order valence-corrected chi connectivity index (χ0v) is 18.1. The summed E-state index contributed by atoms with van der Waals surface area (Å²) in [4.78, 5) is 0. The van der Waals surface area contributed by atoms with E-state index in [0.717, 1.165) is 21.5 Å². The van der Waals surface area contributed by atoms with Crippen molar-refractivity contribution in [2.24, 2.45) is 5.10 Å². The standard InChI is InChI=1S/C22H23N5.2ClH/c1-27(2,3)22-16-14-19(15-17-22)24-18-23-25(20-10-6-4-7-11-20)26(24)21-12-8-5-9-13-21;;/h4-17H,1-3H3;2*1H/q+2;;/p-2. The molecule has 3 aromatic rings. The first kappa shape index (κ1) is 22.5. The number of anilines is 3. The number of rotatable bonds is 4. The highest BCUT2D eigenvalue weighted by Crippen LogP contribution is 2.31. The lowest BCUT2D eigenvalue weighted by Gasteiger charge is -2.28. The molecule has 1 aliphatic rings. The molecule has 0 aromatic heterocycles. The van der Waals surface area contributed by atoms with Crippen LogP contribution >= 0.6 is 0 Å². The van der Waals surface area contributed by atoms with Gasteiger partial charge in [-0.3, -0.25) is 4.48 Å². The van der Waals surface area contributed by atoms with E-state index in [2.05, 4.69) is 69.0 Å². The topological polar surface area (TPSA) is 22.1 Å². The van der Waals surface area contributed by atoms with Crippen molar-refractivity contribution in [2.45, 2.75) is 0 Å². The number of nitrogens with zero attached hydrogens (tertiary/aromatic N) is 5. The van der Waals surface area contributed by atoms with Gasteiger partial charge in [0, 0.05) is 17.2 Å². The van der Waals surface area contributed by atoms with E-state index >= 15 is 0 Å². The molecule has 0 spiro atoms. The predicted octanol–water partition coefficient (Wildman–Crippen LogP) is -1.63. The lowest BCUT2D eigenvalue weighted by atomic mass is 10.2. The molecule has 0 unspecified atom stereocenters. The number of hydrogen-bond donors (Lipinski definition) is 0. The third-order valence-corrected chi connectivity index (χ3v) is 4.45. The molecule has 0 bridgehead atoms. The Bertz CT molecular complexity index is 925. The Morgan fingerprint density at radius 1 is 0.655 bits per heavy atom. The van der Waals surface area contributed by atoms with Crippen molar-refractivity contribution in [3.63, 3.8) is 0 Å². The SMILES string of the molecule is C[N+](C)(C)c1ccc(N2[C+]=NN(c3ccccc3)N2c2ccccc2)cc1.[Cl-].[Cl-]. The second kappa shape index (κ2) is 9.12. The molecule has 150 valence electrons. The van der Waals surface area contributed by atoms with Crippen LogP contribution in [0, 0.1) is 0 Å². The highest BCUT2D eigenvalue weighted by atomic mass is 35.5. The maximum absolute atomic E-state index is 4.52. The second-order valence-corrected chi connectivity index (χ2v) is 7.29. The van der Waals surface area contributed by atoms with E-state index in [-0.39, 0.29) is 24.8 Å². The Morgan fingerprint density at radius 3 is 1.69 bits per heavy atom. The lowest BCUT2D eigenvalue weighted by Crippen LogP contribution is -3.00. The van der Waals surface area contributed by atoms with E-state index < -0.39 is 0 Å². The number of hydrazone groups is 1. The summed E-state index contributed by atoms with van der Waals surface area (Å²) in [5.74, 6) is 0. The summed E-state index contributed by atoms with van der Waals surface area (Å²) in [5, 5.41) is 10.3. The van der Waals surface area contributed by atoms with Crippen LogP contribution in [-0.4, -0.2) is 27.5 Å². The minimum atomic E-state index is 0. The van der Waals surface area contributed by atoms with Gasteiger partial charge in [-0.2, -0.15) is 0 Å². The van der Waals surface area contributed by atoms with Gasteiger partial charge in [-0.15, -0.1) is 10.2 Å². The van der Waals surface area contributed by atoms with Gasteiger partial charge in [0.25, 0.3) is 0 Å². The van der Waals surface area contributed by atoms with E-state index in [1.165, 1.54) is 5.69 Å². The maximum atomic E-state index is 4.52. The molecule has 5 nitrogen and oxygen atoms in total. The lowest BCUT2D eigenvalue weighted by molar-refractivity contribution is -0.00100. The third kappa shape index (κ3) is 4.61. The van der Waals surface area contributed by atoms with Crippen LogP contribution in [0.3, 0.4) is 0 Å². The normalized spacial score (nSPS) is 12.9. The van der Waals surface area contributed by atoms with Gasteiger partial charge < -0.3 is 24.8 Å². The van der Waals surface area contributed by atoms with Gasteiger partial charge in [0.1, 0.15) is 5.69 Å². The monoisotopic (exact) mass is 427 g/mol. The van der Waals surface area contributed by atoms with Crippen LogP contribution in [0.1, 0.15) is 0 Å². The fourth-order valence-electron chi connectivity index (χ4n) is 2.98. The molecular weight excluding hydrogens is 405 g/mol. The van der Waals surface area contributed by atoms with Gasteiger partial charge in [0.2, 0.25) is 5.69 Å². The highest BCUT2D eigenvalue weighted by Gasteiger charge is 2.38. The first-order valence-electron chi connectivity index (χ1n) is 8.93. The molecular formula is C22H23Cl2N5. The number of benzene rings is 3. The third-order valence-electron chi connectivity index (χ3n) is 4.45. The fourth-order valence-corrected chi connectivity index (χ4v) is 2.98. The zero-order chi connectivity index (χ0) is 18.9. The van der Waals surface area contributed by atoms with Crippen LogP contribution in [-0.2, 0) is 0 Å².